The number of carbonyl (C=O) groups excluding carboxylic acids is 2. The van der Waals surface area contributed by atoms with Crippen LogP contribution in [0.15, 0.2) is 47.4 Å². The molecule has 0 spiro atoms. The van der Waals surface area contributed by atoms with E-state index in [1.54, 1.807) is 17.0 Å². The van der Waals surface area contributed by atoms with Gasteiger partial charge in [0, 0.05) is 25.3 Å². The maximum absolute atomic E-state index is 13.0. The normalized spacial score (nSPS) is 19.6. The van der Waals surface area contributed by atoms with Gasteiger partial charge in [0.05, 0.1) is 17.5 Å². The molecule has 4 rings (SSSR count). The van der Waals surface area contributed by atoms with E-state index in [0.717, 1.165) is 36.0 Å². The van der Waals surface area contributed by atoms with Crippen molar-refractivity contribution in [1.82, 2.24) is 9.21 Å². The molecule has 2 aromatic rings. The Balaban J connectivity index is 1.50. The highest BCUT2D eigenvalue weighted by molar-refractivity contribution is 7.89. The Bertz CT molecular complexity index is 1160. The highest BCUT2D eigenvalue weighted by atomic mass is 32.2. The van der Waals surface area contributed by atoms with E-state index in [9.17, 15) is 18.0 Å². The lowest BCUT2D eigenvalue weighted by molar-refractivity contribution is -0.125. The molecule has 2 aromatic carbocycles. The van der Waals surface area contributed by atoms with E-state index in [1.807, 2.05) is 31.2 Å². The van der Waals surface area contributed by atoms with E-state index < -0.39 is 22.0 Å². The van der Waals surface area contributed by atoms with Crippen LogP contribution in [0.1, 0.15) is 36.0 Å². The van der Waals surface area contributed by atoms with E-state index in [2.05, 4.69) is 5.32 Å². The monoisotopic (exact) mass is 470 g/mol. The van der Waals surface area contributed by atoms with Crippen molar-refractivity contribution in [3.05, 3.63) is 59.2 Å². The number of fused-ring (bicyclic) bond motifs is 1. The molecule has 3 N–H and O–H groups in total. The van der Waals surface area contributed by atoms with Crippen LogP contribution in [0.2, 0.25) is 0 Å². The van der Waals surface area contributed by atoms with E-state index in [0.29, 0.717) is 31.7 Å². The molecule has 1 atom stereocenters. The first-order valence-electron chi connectivity index (χ1n) is 11.3. The van der Waals surface area contributed by atoms with Crippen molar-refractivity contribution < 1.29 is 18.0 Å². The summed E-state index contributed by atoms with van der Waals surface area (Å²) in [5.74, 6) is -0.792. The minimum absolute atomic E-state index is 0.0233. The van der Waals surface area contributed by atoms with Gasteiger partial charge in [-0.2, -0.15) is 4.31 Å². The summed E-state index contributed by atoms with van der Waals surface area (Å²) >= 11 is 0. The molecule has 1 unspecified atom stereocenters. The third-order valence-electron chi connectivity index (χ3n) is 6.46. The molecule has 0 aromatic heterocycles. The zero-order chi connectivity index (χ0) is 23.6. The Labute approximate surface area is 194 Å². The SMILES string of the molecule is Cc1ccc(S(=O)(=O)N2CCCCC2)cc1NC(=O)CN1Cc2ccccc2CC1C(N)=O. The summed E-state index contributed by atoms with van der Waals surface area (Å²) in [6.07, 6.45) is 3.21. The van der Waals surface area contributed by atoms with E-state index in [1.165, 1.54) is 10.4 Å². The Kier molecular flexibility index (Phi) is 6.83. The van der Waals surface area contributed by atoms with Crippen LogP contribution in [-0.2, 0) is 32.6 Å². The van der Waals surface area contributed by atoms with Gasteiger partial charge in [0.1, 0.15) is 0 Å². The van der Waals surface area contributed by atoms with E-state index in [-0.39, 0.29) is 17.3 Å². The largest absolute Gasteiger partial charge is 0.368 e. The standard InChI is InChI=1S/C24H30N4O4S/c1-17-9-10-20(33(31,32)28-11-5-2-6-12-28)14-21(17)26-23(29)16-27-15-19-8-4-3-7-18(19)13-22(27)24(25)30/h3-4,7-10,14,22H,2,5-6,11-13,15-16H2,1H3,(H2,25,30)(H,26,29). The van der Waals surface area contributed by atoms with Crippen LogP contribution in [0, 0.1) is 6.92 Å². The van der Waals surface area contributed by atoms with Gasteiger partial charge in [-0.1, -0.05) is 36.8 Å². The Morgan fingerprint density at radius 1 is 1.06 bits per heavy atom. The molecule has 2 aliphatic heterocycles. The molecule has 0 aliphatic carbocycles. The van der Waals surface area contributed by atoms with Gasteiger partial charge in [0.25, 0.3) is 0 Å². The summed E-state index contributed by atoms with van der Waals surface area (Å²) in [5.41, 5.74) is 8.96. The van der Waals surface area contributed by atoms with Crippen molar-refractivity contribution in [2.24, 2.45) is 5.73 Å². The second kappa shape index (κ2) is 9.62. The first-order valence-corrected chi connectivity index (χ1v) is 12.7. The van der Waals surface area contributed by atoms with Gasteiger partial charge in [0.2, 0.25) is 21.8 Å². The topological polar surface area (TPSA) is 113 Å². The third kappa shape index (κ3) is 5.10. The molecular formula is C24H30N4O4S. The van der Waals surface area contributed by atoms with Crippen LogP contribution in [-0.4, -0.2) is 55.1 Å². The van der Waals surface area contributed by atoms with Crippen LogP contribution in [0.3, 0.4) is 0 Å². The molecule has 33 heavy (non-hydrogen) atoms. The lowest BCUT2D eigenvalue weighted by Crippen LogP contribution is -2.50. The zero-order valence-corrected chi connectivity index (χ0v) is 19.6. The number of nitrogens with two attached hydrogens (primary N) is 1. The fraction of sp³-hybridized carbons (Fsp3) is 0.417. The molecule has 0 saturated carbocycles. The van der Waals surface area contributed by atoms with Crippen molar-refractivity contribution in [2.45, 2.75) is 50.1 Å². The molecule has 2 amide bonds. The van der Waals surface area contributed by atoms with Gasteiger partial charge in [-0.05, 0) is 55.0 Å². The van der Waals surface area contributed by atoms with Gasteiger partial charge in [-0.3, -0.25) is 14.5 Å². The zero-order valence-electron chi connectivity index (χ0n) is 18.8. The quantitative estimate of drug-likeness (QED) is 0.671. The number of anilines is 1. The van der Waals surface area contributed by atoms with Crippen molar-refractivity contribution in [3.8, 4) is 0 Å². The molecule has 2 heterocycles. The average molecular weight is 471 g/mol. The first kappa shape index (κ1) is 23.4. The Morgan fingerprint density at radius 2 is 1.76 bits per heavy atom. The molecule has 2 aliphatic rings. The maximum atomic E-state index is 13.0. The maximum Gasteiger partial charge on any atom is 0.243 e. The van der Waals surface area contributed by atoms with Crippen LogP contribution in [0.5, 0.6) is 0 Å². The van der Waals surface area contributed by atoms with Crippen LogP contribution in [0.4, 0.5) is 5.69 Å². The number of primary amides is 1. The van der Waals surface area contributed by atoms with Gasteiger partial charge in [-0.25, -0.2) is 8.42 Å². The number of benzene rings is 2. The van der Waals surface area contributed by atoms with Crippen LogP contribution >= 0.6 is 0 Å². The smallest absolute Gasteiger partial charge is 0.243 e. The molecule has 176 valence electrons. The molecule has 9 heteroatoms. The lowest BCUT2D eigenvalue weighted by atomic mass is 9.93. The number of hydrogen-bond donors (Lipinski definition) is 2. The van der Waals surface area contributed by atoms with E-state index >= 15 is 0 Å². The Hall–Kier alpha value is -2.75. The number of carbonyl (C=O) groups is 2. The number of nitrogens with zero attached hydrogens (tertiary/aromatic N) is 2. The molecular weight excluding hydrogens is 440 g/mol. The lowest BCUT2D eigenvalue weighted by Gasteiger charge is -2.34. The summed E-state index contributed by atoms with van der Waals surface area (Å²) in [4.78, 5) is 26.9. The summed E-state index contributed by atoms with van der Waals surface area (Å²) < 4.78 is 27.6. The fourth-order valence-electron chi connectivity index (χ4n) is 4.55. The van der Waals surface area contributed by atoms with Crippen molar-refractivity contribution >= 4 is 27.5 Å². The number of nitrogens with one attached hydrogen (secondary N) is 1. The van der Waals surface area contributed by atoms with Gasteiger partial charge >= 0.3 is 0 Å². The molecule has 1 saturated heterocycles. The predicted octanol–water partition coefficient (Wildman–Crippen LogP) is 2.02. The summed E-state index contributed by atoms with van der Waals surface area (Å²) in [6, 6.07) is 12.0. The van der Waals surface area contributed by atoms with Crippen molar-refractivity contribution in [3.63, 3.8) is 0 Å². The number of hydrogen-bond acceptors (Lipinski definition) is 5. The van der Waals surface area contributed by atoms with Gasteiger partial charge < -0.3 is 11.1 Å². The van der Waals surface area contributed by atoms with Gasteiger partial charge in [0.15, 0.2) is 0 Å². The number of aryl methyl sites for hydroxylation is 1. The second-order valence-corrected chi connectivity index (χ2v) is 10.7. The summed E-state index contributed by atoms with van der Waals surface area (Å²) in [6.45, 7) is 3.27. The second-order valence-electron chi connectivity index (χ2n) is 8.79. The third-order valence-corrected chi connectivity index (χ3v) is 8.35. The van der Waals surface area contributed by atoms with Crippen molar-refractivity contribution in [1.29, 1.82) is 0 Å². The van der Waals surface area contributed by atoms with Crippen LogP contribution < -0.4 is 11.1 Å². The highest BCUT2D eigenvalue weighted by Crippen LogP contribution is 2.26. The predicted molar refractivity (Wildman–Crippen MR) is 126 cm³/mol. The highest BCUT2D eigenvalue weighted by Gasteiger charge is 2.31. The number of piperidine rings is 1. The average Bonchev–Trinajstić information content (AvgIpc) is 2.80. The van der Waals surface area contributed by atoms with Crippen molar-refractivity contribution in [2.75, 3.05) is 25.0 Å². The van der Waals surface area contributed by atoms with Gasteiger partial charge in [-0.15, -0.1) is 0 Å². The first-order chi connectivity index (χ1) is 15.8. The molecule has 0 bridgehead atoms. The molecule has 1 fully saturated rings. The molecule has 0 radical (unpaired) electrons. The number of rotatable bonds is 6. The minimum atomic E-state index is -3.61. The fourth-order valence-corrected chi connectivity index (χ4v) is 6.09. The van der Waals surface area contributed by atoms with Crippen LogP contribution in [0.25, 0.3) is 0 Å². The minimum Gasteiger partial charge on any atom is -0.368 e. The summed E-state index contributed by atoms with van der Waals surface area (Å²) in [5, 5.41) is 2.84. The Morgan fingerprint density at radius 3 is 2.45 bits per heavy atom. The van der Waals surface area contributed by atoms with E-state index in [4.69, 9.17) is 5.73 Å². The summed E-state index contributed by atoms with van der Waals surface area (Å²) in [7, 11) is -3.61. The number of sulfonamides is 1. The number of amides is 2. The molecule has 8 nitrogen and oxygen atoms in total.